The first-order valence-corrected chi connectivity index (χ1v) is 11.3. The molecule has 2 aromatic carbocycles. The Labute approximate surface area is 200 Å². The van der Waals surface area contributed by atoms with Gasteiger partial charge in [0, 0.05) is 5.69 Å². The van der Waals surface area contributed by atoms with Crippen molar-refractivity contribution in [3.63, 3.8) is 0 Å². The summed E-state index contributed by atoms with van der Waals surface area (Å²) in [7, 11) is 0. The average Bonchev–Trinajstić information content (AvgIpc) is 2.99. The van der Waals surface area contributed by atoms with E-state index in [-0.39, 0.29) is 23.0 Å². The van der Waals surface area contributed by atoms with Crippen molar-refractivity contribution in [3.8, 4) is 11.5 Å². The van der Waals surface area contributed by atoms with Crippen LogP contribution in [0.5, 0.6) is 11.5 Å². The largest absolute Gasteiger partial charge is 0.490 e. The van der Waals surface area contributed by atoms with Crippen molar-refractivity contribution in [2.75, 3.05) is 18.5 Å². The van der Waals surface area contributed by atoms with Crippen LogP contribution in [-0.2, 0) is 9.59 Å². The number of thioether (sulfide) groups is 1. The third-order valence-electron chi connectivity index (χ3n) is 4.90. The van der Waals surface area contributed by atoms with Gasteiger partial charge < -0.3 is 14.8 Å². The zero-order valence-electron chi connectivity index (χ0n) is 19.1. The minimum atomic E-state index is -3.01. The van der Waals surface area contributed by atoms with E-state index in [4.69, 9.17) is 4.74 Å². The lowest BCUT2D eigenvalue weighted by molar-refractivity contribution is -0.127. The number of amides is 3. The van der Waals surface area contributed by atoms with Crippen molar-refractivity contribution in [2.45, 2.75) is 34.3 Å². The van der Waals surface area contributed by atoms with E-state index in [1.807, 2.05) is 32.9 Å². The lowest BCUT2D eigenvalue weighted by Gasteiger charge is -2.16. The number of hydrogen-bond acceptors (Lipinski definition) is 6. The minimum absolute atomic E-state index is 0.0824. The van der Waals surface area contributed by atoms with Crippen molar-refractivity contribution < 1.29 is 32.6 Å². The summed E-state index contributed by atoms with van der Waals surface area (Å²) in [6.45, 7) is 4.15. The van der Waals surface area contributed by atoms with Crippen molar-refractivity contribution in [3.05, 3.63) is 57.5 Å². The Balaban J connectivity index is 1.75. The molecule has 10 heteroatoms. The van der Waals surface area contributed by atoms with E-state index in [9.17, 15) is 23.2 Å². The maximum absolute atomic E-state index is 12.8. The lowest BCUT2D eigenvalue weighted by Crippen LogP contribution is -2.36. The number of hydrogen-bond donors (Lipinski definition) is 1. The molecule has 0 atom stereocenters. The van der Waals surface area contributed by atoms with Crippen molar-refractivity contribution >= 4 is 40.6 Å². The van der Waals surface area contributed by atoms with Crippen LogP contribution in [0.2, 0.25) is 0 Å². The fourth-order valence-electron chi connectivity index (χ4n) is 3.56. The second-order valence-electron chi connectivity index (χ2n) is 7.61. The van der Waals surface area contributed by atoms with Crippen LogP contribution >= 0.6 is 11.8 Å². The molecule has 1 aliphatic rings. The van der Waals surface area contributed by atoms with Crippen LogP contribution < -0.4 is 14.8 Å². The van der Waals surface area contributed by atoms with Gasteiger partial charge in [0.1, 0.15) is 6.54 Å². The van der Waals surface area contributed by atoms with E-state index in [0.717, 1.165) is 21.6 Å². The van der Waals surface area contributed by atoms with Crippen LogP contribution in [0.4, 0.5) is 19.3 Å². The molecule has 2 aromatic rings. The predicted octanol–water partition coefficient (Wildman–Crippen LogP) is 5.29. The smallest absolute Gasteiger partial charge is 0.387 e. The van der Waals surface area contributed by atoms with E-state index >= 15 is 0 Å². The van der Waals surface area contributed by atoms with Gasteiger partial charge in [-0.1, -0.05) is 23.8 Å². The molecular formula is C24H24F2N2O5S. The number of carbonyl (C=O) groups excluding carboxylic acids is 3. The topological polar surface area (TPSA) is 84.9 Å². The first-order chi connectivity index (χ1) is 16.1. The SMILES string of the molecule is CCOc1cc(/C=C2\SC(=O)N(CC(=O)Nc3c(C)cc(C)cc3C)C2=O)ccc1OC(F)F. The van der Waals surface area contributed by atoms with Gasteiger partial charge in [-0.25, -0.2) is 0 Å². The van der Waals surface area contributed by atoms with Crippen LogP contribution in [0.1, 0.15) is 29.2 Å². The van der Waals surface area contributed by atoms with E-state index in [2.05, 4.69) is 10.1 Å². The summed E-state index contributed by atoms with van der Waals surface area (Å²) < 4.78 is 35.0. The van der Waals surface area contributed by atoms with Gasteiger partial charge in [0.15, 0.2) is 11.5 Å². The van der Waals surface area contributed by atoms with E-state index < -0.39 is 30.2 Å². The molecule has 0 radical (unpaired) electrons. The summed E-state index contributed by atoms with van der Waals surface area (Å²) >= 11 is 0.694. The number of ether oxygens (including phenoxy) is 2. The molecular weight excluding hydrogens is 466 g/mol. The molecule has 3 amide bonds. The fourth-order valence-corrected chi connectivity index (χ4v) is 4.40. The first-order valence-electron chi connectivity index (χ1n) is 10.4. The second-order valence-corrected chi connectivity index (χ2v) is 8.60. The molecule has 34 heavy (non-hydrogen) atoms. The summed E-state index contributed by atoms with van der Waals surface area (Å²) in [4.78, 5) is 38.8. The van der Waals surface area contributed by atoms with Crippen LogP contribution in [-0.4, -0.2) is 41.7 Å². The Bertz CT molecular complexity index is 1140. The number of halogens is 2. The Morgan fingerprint density at radius 3 is 2.41 bits per heavy atom. The molecule has 3 rings (SSSR count). The van der Waals surface area contributed by atoms with Gasteiger partial charge in [-0.05, 0) is 74.4 Å². The number of benzene rings is 2. The second kappa shape index (κ2) is 10.7. The van der Waals surface area contributed by atoms with Gasteiger partial charge in [0.25, 0.3) is 11.1 Å². The first kappa shape index (κ1) is 25.2. The summed E-state index contributed by atoms with van der Waals surface area (Å²) in [6, 6.07) is 8.06. The summed E-state index contributed by atoms with van der Waals surface area (Å²) in [5, 5.41) is 2.20. The Kier molecular flexibility index (Phi) is 7.93. The highest BCUT2D eigenvalue weighted by molar-refractivity contribution is 8.18. The van der Waals surface area contributed by atoms with Gasteiger partial charge in [-0.3, -0.25) is 19.3 Å². The molecule has 0 bridgehead atoms. The van der Waals surface area contributed by atoms with Crippen molar-refractivity contribution in [1.29, 1.82) is 0 Å². The highest BCUT2D eigenvalue weighted by atomic mass is 32.2. The van der Waals surface area contributed by atoms with Gasteiger partial charge in [0.2, 0.25) is 5.91 Å². The number of alkyl halides is 2. The highest BCUT2D eigenvalue weighted by Crippen LogP contribution is 2.35. The number of nitrogens with zero attached hydrogens (tertiary/aromatic N) is 1. The number of aryl methyl sites for hydroxylation is 3. The number of nitrogens with one attached hydrogen (secondary N) is 1. The van der Waals surface area contributed by atoms with Gasteiger partial charge in [0.05, 0.1) is 11.5 Å². The quantitative estimate of drug-likeness (QED) is 0.507. The molecule has 0 aromatic heterocycles. The Morgan fingerprint density at radius 2 is 1.79 bits per heavy atom. The monoisotopic (exact) mass is 490 g/mol. The summed E-state index contributed by atoms with van der Waals surface area (Å²) in [5.74, 6) is -1.17. The van der Waals surface area contributed by atoms with Crippen LogP contribution in [0, 0.1) is 20.8 Å². The number of imide groups is 1. The third-order valence-corrected chi connectivity index (χ3v) is 5.81. The Morgan fingerprint density at radius 1 is 1.12 bits per heavy atom. The number of anilines is 1. The van der Waals surface area contributed by atoms with Gasteiger partial charge in [-0.2, -0.15) is 8.78 Å². The normalized spacial score (nSPS) is 14.8. The third kappa shape index (κ3) is 5.93. The molecule has 0 saturated carbocycles. The molecule has 0 spiro atoms. The molecule has 0 aliphatic carbocycles. The molecule has 1 aliphatic heterocycles. The molecule has 7 nitrogen and oxygen atoms in total. The van der Waals surface area contributed by atoms with Gasteiger partial charge in [-0.15, -0.1) is 0 Å². The van der Waals surface area contributed by atoms with Gasteiger partial charge >= 0.3 is 6.61 Å². The van der Waals surface area contributed by atoms with E-state index in [1.165, 1.54) is 24.3 Å². The standard InChI is InChI=1S/C24H24F2N2O5S/c1-5-32-18-10-16(6-7-17(18)33-23(25)26)11-19-22(30)28(24(31)34-19)12-20(29)27-21-14(3)8-13(2)9-15(21)4/h6-11,23H,5,12H2,1-4H3,(H,27,29)/b19-11-. The minimum Gasteiger partial charge on any atom is -0.490 e. The molecule has 1 N–H and O–H groups in total. The Hall–Kier alpha value is -3.40. The summed E-state index contributed by atoms with van der Waals surface area (Å²) in [6.07, 6.45) is 1.44. The van der Waals surface area contributed by atoms with E-state index in [0.29, 0.717) is 23.0 Å². The van der Waals surface area contributed by atoms with Crippen molar-refractivity contribution in [1.82, 2.24) is 4.90 Å². The molecule has 180 valence electrons. The maximum Gasteiger partial charge on any atom is 0.387 e. The van der Waals surface area contributed by atoms with Crippen LogP contribution in [0.25, 0.3) is 6.08 Å². The summed E-state index contributed by atoms with van der Waals surface area (Å²) in [5.41, 5.74) is 3.91. The molecule has 1 heterocycles. The number of rotatable bonds is 8. The van der Waals surface area contributed by atoms with Crippen LogP contribution in [0.15, 0.2) is 35.2 Å². The van der Waals surface area contributed by atoms with Crippen molar-refractivity contribution in [2.24, 2.45) is 0 Å². The zero-order chi connectivity index (χ0) is 25.0. The van der Waals surface area contributed by atoms with Crippen LogP contribution in [0.3, 0.4) is 0 Å². The zero-order valence-corrected chi connectivity index (χ0v) is 19.9. The molecule has 1 saturated heterocycles. The molecule has 0 unspecified atom stereocenters. The maximum atomic E-state index is 12.8. The highest BCUT2D eigenvalue weighted by Gasteiger charge is 2.36. The molecule has 1 fully saturated rings. The fraction of sp³-hybridized carbons (Fsp3) is 0.292. The number of carbonyl (C=O) groups is 3. The average molecular weight is 491 g/mol. The lowest BCUT2D eigenvalue weighted by atomic mass is 10.1. The van der Waals surface area contributed by atoms with E-state index in [1.54, 1.807) is 6.92 Å². The predicted molar refractivity (Wildman–Crippen MR) is 126 cm³/mol.